The fourth-order valence-electron chi connectivity index (χ4n) is 3.04. The highest BCUT2D eigenvalue weighted by atomic mass is 32.2. The molecule has 0 bridgehead atoms. The Labute approximate surface area is 169 Å². The van der Waals surface area contributed by atoms with E-state index in [1.54, 1.807) is 20.3 Å². The van der Waals surface area contributed by atoms with Crippen LogP contribution >= 0.6 is 11.8 Å². The molecule has 0 aliphatic carbocycles. The molecule has 2 aromatic carbocycles. The average molecular weight is 397 g/mol. The molecule has 2 aromatic rings. The number of para-hydroxylation sites is 1. The highest BCUT2D eigenvalue weighted by Crippen LogP contribution is 2.41. The number of imide groups is 1. The predicted molar refractivity (Wildman–Crippen MR) is 111 cm³/mol. The maximum absolute atomic E-state index is 13.3. The van der Waals surface area contributed by atoms with E-state index in [1.807, 2.05) is 56.3 Å². The number of nitrogens with zero attached hydrogens (tertiary/aromatic N) is 1. The number of ether oxygens (including phenoxy) is 2. The third-order valence-corrected chi connectivity index (χ3v) is 5.44. The van der Waals surface area contributed by atoms with Gasteiger partial charge in [-0.15, -0.1) is 11.8 Å². The molecule has 3 rings (SSSR count). The molecule has 0 saturated heterocycles. The maximum Gasteiger partial charge on any atom is 0.268 e. The summed E-state index contributed by atoms with van der Waals surface area (Å²) in [4.78, 5) is 28.2. The van der Waals surface area contributed by atoms with Crippen molar-refractivity contribution in [2.45, 2.75) is 25.6 Å². The van der Waals surface area contributed by atoms with E-state index in [0.29, 0.717) is 21.8 Å². The minimum atomic E-state index is -0.298. The molecule has 2 amide bonds. The van der Waals surface area contributed by atoms with E-state index in [2.05, 4.69) is 0 Å². The molecule has 0 N–H and O–H groups in total. The van der Waals surface area contributed by atoms with Gasteiger partial charge in [-0.3, -0.25) is 14.5 Å². The van der Waals surface area contributed by atoms with Gasteiger partial charge in [0, 0.05) is 10.8 Å². The third-order valence-electron chi connectivity index (χ3n) is 4.36. The van der Waals surface area contributed by atoms with Crippen LogP contribution in [0.25, 0.3) is 5.57 Å². The Kier molecular flexibility index (Phi) is 6.09. The number of hydrogen-bond acceptors (Lipinski definition) is 5. The Morgan fingerprint density at radius 1 is 0.929 bits per heavy atom. The Hall–Kier alpha value is -2.73. The minimum absolute atomic E-state index is 0.164. The summed E-state index contributed by atoms with van der Waals surface area (Å²) in [7, 11) is 3.16. The number of benzene rings is 2. The van der Waals surface area contributed by atoms with Crippen molar-refractivity contribution < 1.29 is 19.1 Å². The normalized spacial score (nSPS) is 14.2. The minimum Gasteiger partial charge on any atom is -0.497 e. The van der Waals surface area contributed by atoms with Crippen molar-refractivity contribution in [3.8, 4) is 11.5 Å². The summed E-state index contributed by atoms with van der Waals surface area (Å²) in [6, 6.07) is 14.6. The molecule has 146 valence electrons. The zero-order valence-corrected chi connectivity index (χ0v) is 17.2. The summed E-state index contributed by atoms with van der Waals surface area (Å²) in [5.74, 6) is 0.743. The van der Waals surface area contributed by atoms with E-state index in [4.69, 9.17) is 9.47 Å². The summed E-state index contributed by atoms with van der Waals surface area (Å²) in [5.41, 5.74) is 1.91. The number of methoxy groups -OCH3 is 2. The van der Waals surface area contributed by atoms with E-state index >= 15 is 0 Å². The second-order valence-electron chi connectivity index (χ2n) is 6.62. The SMILES string of the molecule is COc1ccc(CN2C(=O)C(SC(C)C)=C(c3ccccc3OC)C2=O)cc1. The zero-order valence-electron chi connectivity index (χ0n) is 16.4. The van der Waals surface area contributed by atoms with Gasteiger partial charge in [0.05, 0.1) is 31.2 Å². The second kappa shape index (κ2) is 8.52. The van der Waals surface area contributed by atoms with Crippen LogP contribution in [-0.2, 0) is 16.1 Å². The maximum atomic E-state index is 13.3. The molecule has 0 unspecified atom stereocenters. The predicted octanol–water partition coefficient (Wildman–Crippen LogP) is 4.13. The van der Waals surface area contributed by atoms with Gasteiger partial charge in [-0.05, 0) is 23.8 Å². The lowest BCUT2D eigenvalue weighted by molar-refractivity contribution is -0.137. The molecule has 6 heteroatoms. The monoisotopic (exact) mass is 397 g/mol. The molecular formula is C22H23NO4S. The number of amides is 2. The first-order chi connectivity index (χ1) is 13.5. The van der Waals surface area contributed by atoms with Gasteiger partial charge in [0.15, 0.2) is 0 Å². The molecule has 0 atom stereocenters. The van der Waals surface area contributed by atoms with E-state index in [-0.39, 0.29) is 23.6 Å². The quantitative estimate of drug-likeness (QED) is 0.658. The Bertz CT molecular complexity index is 918. The van der Waals surface area contributed by atoms with Crippen molar-refractivity contribution in [3.05, 3.63) is 64.6 Å². The van der Waals surface area contributed by atoms with E-state index in [0.717, 1.165) is 11.3 Å². The number of rotatable bonds is 7. The topological polar surface area (TPSA) is 55.8 Å². The lowest BCUT2D eigenvalue weighted by Gasteiger charge is -2.16. The van der Waals surface area contributed by atoms with Crippen LogP contribution in [0, 0.1) is 0 Å². The van der Waals surface area contributed by atoms with Crippen molar-refractivity contribution in [1.82, 2.24) is 4.90 Å². The van der Waals surface area contributed by atoms with Crippen LogP contribution in [0.3, 0.4) is 0 Å². The third kappa shape index (κ3) is 3.92. The molecule has 1 aliphatic heterocycles. The first kappa shape index (κ1) is 20.0. The van der Waals surface area contributed by atoms with Crippen LogP contribution < -0.4 is 9.47 Å². The Morgan fingerprint density at radius 2 is 1.61 bits per heavy atom. The van der Waals surface area contributed by atoms with Gasteiger partial charge in [-0.2, -0.15) is 0 Å². The van der Waals surface area contributed by atoms with Crippen molar-refractivity contribution in [1.29, 1.82) is 0 Å². The molecule has 0 spiro atoms. The van der Waals surface area contributed by atoms with Crippen LogP contribution in [-0.4, -0.2) is 36.2 Å². The zero-order chi connectivity index (χ0) is 20.3. The van der Waals surface area contributed by atoms with Crippen LogP contribution in [0.15, 0.2) is 53.4 Å². The summed E-state index contributed by atoms with van der Waals surface area (Å²) < 4.78 is 10.6. The number of carbonyl (C=O) groups is 2. The number of thioether (sulfide) groups is 1. The van der Waals surface area contributed by atoms with E-state index in [9.17, 15) is 9.59 Å². The number of carbonyl (C=O) groups excluding carboxylic acids is 2. The molecule has 0 fully saturated rings. The van der Waals surface area contributed by atoms with Crippen LogP contribution in [0.4, 0.5) is 0 Å². The molecule has 1 aliphatic rings. The molecule has 5 nitrogen and oxygen atoms in total. The highest BCUT2D eigenvalue weighted by molar-refractivity contribution is 8.04. The fraction of sp³-hybridized carbons (Fsp3) is 0.273. The van der Waals surface area contributed by atoms with Crippen molar-refractivity contribution >= 4 is 29.1 Å². The van der Waals surface area contributed by atoms with Crippen molar-refractivity contribution in [2.75, 3.05) is 14.2 Å². The van der Waals surface area contributed by atoms with Gasteiger partial charge in [0.2, 0.25) is 0 Å². The highest BCUT2D eigenvalue weighted by Gasteiger charge is 2.40. The first-order valence-corrected chi connectivity index (χ1v) is 9.87. The van der Waals surface area contributed by atoms with Crippen LogP contribution in [0.5, 0.6) is 11.5 Å². The molecular weight excluding hydrogens is 374 g/mol. The Morgan fingerprint density at radius 3 is 2.21 bits per heavy atom. The lowest BCUT2D eigenvalue weighted by atomic mass is 10.0. The molecule has 1 heterocycles. The van der Waals surface area contributed by atoms with Crippen molar-refractivity contribution in [2.24, 2.45) is 0 Å². The van der Waals surface area contributed by atoms with Gasteiger partial charge in [-0.25, -0.2) is 0 Å². The first-order valence-electron chi connectivity index (χ1n) is 8.99. The molecule has 28 heavy (non-hydrogen) atoms. The van der Waals surface area contributed by atoms with Gasteiger partial charge in [0.25, 0.3) is 11.8 Å². The van der Waals surface area contributed by atoms with E-state index < -0.39 is 0 Å². The summed E-state index contributed by atoms with van der Waals surface area (Å²) in [5, 5.41) is 0.164. The van der Waals surface area contributed by atoms with Gasteiger partial charge >= 0.3 is 0 Å². The smallest absolute Gasteiger partial charge is 0.268 e. The molecule has 0 radical (unpaired) electrons. The van der Waals surface area contributed by atoms with Gasteiger partial charge in [-0.1, -0.05) is 44.2 Å². The fourth-order valence-corrected chi connectivity index (χ4v) is 4.04. The second-order valence-corrected chi connectivity index (χ2v) is 8.20. The van der Waals surface area contributed by atoms with E-state index in [1.165, 1.54) is 16.7 Å². The summed E-state index contributed by atoms with van der Waals surface area (Å²) >= 11 is 1.41. The summed E-state index contributed by atoms with van der Waals surface area (Å²) in [6.45, 7) is 4.21. The average Bonchev–Trinajstić information content (AvgIpc) is 2.92. The summed E-state index contributed by atoms with van der Waals surface area (Å²) in [6.07, 6.45) is 0. The molecule has 0 saturated carbocycles. The molecule has 0 aromatic heterocycles. The lowest BCUT2D eigenvalue weighted by Crippen LogP contribution is -2.31. The standard InChI is InChI=1S/C22H23NO4S/c1-14(2)28-20-19(17-7-5-6-8-18(17)27-4)21(24)23(22(20)25)13-15-9-11-16(26-3)12-10-15/h5-12,14H,13H2,1-4H3. The van der Waals surface area contributed by atoms with Crippen LogP contribution in [0.1, 0.15) is 25.0 Å². The van der Waals surface area contributed by atoms with Crippen molar-refractivity contribution in [3.63, 3.8) is 0 Å². The number of hydrogen-bond donors (Lipinski definition) is 0. The van der Waals surface area contributed by atoms with Gasteiger partial charge < -0.3 is 9.47 Å². The van der Waals surface area contributed by atoms with Crippen LogP contribution in [0.2, 0.25) is 0 Å². The largest absolute Gasteiger partial charge is 0.497 e. The Balaban J connectivity index is 1.99. The van der Waals surface area contributed by atoms with Gasteiger partial charge in [0.1, 0.15) is 11.5 Å².